The molecule has 0 spiro atoms. The van der Waals surface area contributed by atoms with Gasteiger partial charge in [0.05, 0.1) is 17.9 Å². The fraction of sp³-hybridized carbons (Fsp3) is 0.370. The Hall–Kier alpha value is -3.56. The number of aliphatic hydroxyl groups is 2. The van der Waals surface area contributed by atoms with Crippen LogP contribution in [0.3, 0.4) is 0 Å². The Kier molecular flexibility index (Phi) is 9.32. The molecule has 0 bridgehead atoms. The third kappa shape index (κ3) is 7.22. The second-order valence-corrected chi connectivity index (χ2v) is 9.06. The van der Waals surface area contributed by atoms with Crippen LogP contribution >= 0.6 is 0 Å². The number of aliphatic carboxylic acids is 1. The molecule has 192 valence electrons. The van der Waals surface area contributed by atoms with E-state index in [1.165, 1.54) is 12.1 Å². The van der Waals surface area contributed by atoms with Crippen LogP contribution in [0.5, 0.6) is 0 Å². The predicted octanol–water partition coefficient (Wildman–Crippen LogP) is 2.38. The van der Waals surface area contributed by atoms with Crippen LogP contribution in [0.2, 0.25) is 0 Å². The van der Waals surface area contributed by atoms with E-state index in [9.17, 15) is 29.3 Å². The number of carboxylic acids is 1. The van der Waals surface area contributed by atoms with Gasteiger partial charge in [-0.15, -0.1) is 0 Å². The zero-order valence-electron chi connectivity index (χ0n) is 20.4. The van der Waals surface area contributed by atoms with Crippen molar-refractivity contribution in [2.24, 2.45) is 0 Å². The third-order valence-corrected chi connectivity index (χ3v) is 5.80. The number of benzene rings is 2. The highest BCUT2D eigenvalue weighted by Crippen LogP contribution is 2.29. The maximum Gasteiger partial charge on any atom is 0.272 e. The predicted molar refractivity (Wildman–Crippen MR) is 130 cm³/mol. The number of nitrogens with zero attached hydrogens (tertiary/aromatic N) is 2. The molecule has 0 aliphatic heterocycles. The first-order valence-corrected chi connectivity index (χ1v) is 11.9. The fourth-order valence-corrected chi connectivity index (χ4v) is 4.11. The molecule has 0 saturated carbocycles. The fourth-order valence-electron chi connectivity index (χ4n) is 4.11. The molecule has 3 rings (SSSR count). The van der Waals surface area contributed by atoms with E-state index in [0.29, 0.717) is 23.6 Å². The van der Waals surface area contributed by atoms with Crippen LogP contribution in [0.25, 0.3) is 11.4 Å². The zero-order valence-corrected chi connectivity index (χ0v) is 20.4. The molecule has 9 heteroatoms. The van der Waals surface area contributed by atoms with Gasteiger partial charge in [-0.3, -0.25) is 4.79 Å². The van der Waals surface area contributed by atoms with Crippen LogP contribution in [-0.2, 0) is 17.9 Å². The van der Waals surface area contributed by atoms with Gasteiger partial charge in [0.2, 0.25) is 0 Å². The van der Waals surface area contributed by atoms with Gasteiger partial charge in [-0.05, 0) is 48.6 Å². The summed E-state index contributed by atoms with van der Waals surface area (Å²) in [5.74, 6) is -1.80. The maximum absolute atomic E-state index is 13.6. The van der Waals surface area contributed by atoms with E-state index in [1.807, 2.05) is 48.7 Å². The monoisotopic (exact) mass is 496 g/mol. The molecule has 1 heterocycles. The van der Waals surface area contributed by atoms with Crippen molar-refractivity contribution >= 4 is 11.9 Å². The van der Waals surface area contributed by atoms with Gasteiger partial charge in [0, 0.05) is 31.0 Å². The number of hydrogen-bond donors (Lipinski definition) is 3. The van der Waals surface area contributed by atoms with E-state index in [4.69, 9.17) is 0 Å². The second kappa shape index (κ2) is 12.4. The summed E-state index contributed by atoms with van der Waals surface area (Å²) in [4.78, 5) is 28.5. The molecule has 0 aliphatic rings. The lowest BCUT2D eigenvalue weighted by Gasteiger charge is -2.19. The molecule has 36 heavy (non-hydrogen) atoms. The summed E-state index contributed by atoms with van der Waals surface area (Å²) in [6.07, 6.45) is -2.73. The van der Waals surface area contributed by atoms with Gasteiger partial charge in [0.25, 0.3) is 5.91 Å². The lowest BCUT2D eigenvalue weighted by atomic mass is 10.0. The summed E-state index contributed by atoms with van der Waals surface area (Å²) in [6, 6.07) is 15.2. The molecule has 1 aromatic heterocycles. The highest BCUT2D eigenvalue weighted by Gasteiger charge is 2.26. The van der Waals surface area contributed by atoms with Crippen molar-refractivity contribution < 1.29 is 29.3 Å². The van der Waals surface area contributed by atoms with Crippen LogP contribution in [0.4, 0.5) is 4.39 Å². The molecule has 0 aliphatic carbocycles. The number of carboxylic acid groups (broad SMARTS) is 1. The molecule has 3 aromatic rings. The van der Waals surface area contributed by atoms with Gasteiger partial charge in [-0.25, -0.2) is 9.37 Å². The van der Waals surface area contributed by atoms with E-state index in [1.54, 1.807) is 12.1 Å². The summed E-state index contributed by atoms with van der Waals surface area (Å²) < 4.78 is 15.4. The molecule has 8 nitrogen and oxygen atoms in total. The van der Waals surface area contributed by atoms with Crippen LogP contribution in [0.15, 0.2) is 54.6 Å². The van der Waals surface area contributed by atoms with E-state index in [-0.39, 0.29) is 36.9 Å². The van der Waals surface area contributed by atoms with Gasteiger partial charge < -0.3 is 30.0 Å². The van der Waals surface area contributed by atoms with Crippen molar-refractivity contribution in [2.75, 3.05) is 0 Å². The molecule has 0 unspecified atom stereocenters. The standard InChI is InChI=1S/C27H32FN3O5/c1-17(2)25-24(27(36)29-16-18-6-4-3-5-7-18)30-26(19-8-10-20(28)11-9-19)31(25)13-12-21(32)14-22(33)15-23(34)35/h3-11,17,21-22,32-33H,12-16H2,1-2H3,(H,29,36)(H,34,35)/p-1/t21-,22-/m1/s1. The number of carbonyl (C=O) groups excluding carboxylic acids is 2. The molecule has 2 aromatic carbocycles. The number of imidazole rings is 1. The summed E-state index contributed by atoms with van der Waals surface area (Å²) >= 11 is 0. The van der Waals surface area contributed by atoms with Crippen molar-refractivity contribution in [3.05, 3.63) is 77.4 Å². The van der Waals surface area contributed by atoms with Crippen molar-refractivity contribution in [3.63, 3.8) is 0 Å². The smallest absolute Gasteiger partial charge is 0.272 e. The number of aromatic nitrogens is 2. The lowest BCUT2D eigenvalue weighted by molar-refractivity contribution is -0.307. The molecule has 0 saturated heterocycles. The molecular weight excluding hydrogens is 465 g/mol. The highest BCUT2D eigenvalue weighted by atomic mass is 19.1. The van der Waals surface area contributed by atoms with E-state index in [0.717, 1.165) is 5.56 Å². The van der Waals surface area contributed by atoms with Gasteiger partial charge in [-0.1, -0.05) is 44.2 Å². The molecule has 2 atom stereocenters. The van der Waals surface area contributed by atoms with Crippen LogP contribution in [0, 0.1) is 5.82 Å². The van der Waals surface area contributed by atoms with Crippen LogP contribution < -0.4 is 10.4 Å². The largest absolute Gasteiger partial charge is 0.550 e. The first-order chi connectivity index (χ1) is 17.2. The maximum atomic E-state index is 13.6. The summed E-state index contributed by atoms with van der Waals surface area (Å²) in [5, 5.41) is 33.8. The molecule has 1 amide bonds. The average Bonchev–Trinajstić information content (AvgIpc) is 3.21. The molecule has 0 radical (unpaired) electrons. The number of carbonyl (C=O) groups is 2. The Morgan fingerprint density at radius 3 is 2.33 bits per heavy atom. The number of hydrogen-bond acceptors (Lipinski definition) is 6. The Morgan fingerprint density at radius 2 is 1.72 bits per heavy atom. The SMILES string of the molecule is CC(C)c1c(C(=O)NCc2ccccc2)nc(-c2ccc(F)cc2)n1CC[C@@H](O)C[C@@H](O)CC(=O)[O-]. The normalized spacial score (nSPS) is 12.9. The molecule has 3 N–H and O–H groups in total. The third-order valence-electron chi connectivity index (χ3n) is 5.80. The lowest BCUT2D eigenvalue weighted by Crippen LogP contribution is -2.29. The van der Waals surface area contributed by atoms with Crippen molar-refractivity contribution in [2.45, 2.75) is 64.3 Å². The first-order valence-electron chi connectivity index (χ1n) is 11.9. The minimum absolute atomic E-state index is 0.106. The summed E-state index contributed by atoms with van der Waals surface area (Å²) in [6.45, 7) is 4.43. The van der Waals surface area contributed by atoms with E-state index >= 15 is 0 Å². The average molecular weight is 497 g/mol. The zero-order chi connectivity index (χ0) is 26.2. The Labute approximate surface area is 209 Å². The van der Waals surface area contributed by atoms with E-state index in [2.05, 4.69) is 10.3 Å². The quantitative estimate of drug-likeness (QED) is 0.353. The van der Waals surface area contributed by atoms with Crippen LogP contribution in [0.1, 0.15) is 60.8 Å². The van der Waals surface area contributed by atoms with Gasteiger partial charge in [0.1, 0.15) is 17.3 Å². The number of nitrogens with one attached hydrogen (secondary N) is 1. The summed E-state index contributed by atoms with van der Waals surface area (Å²) in [5.41, 5.74) is 2.44. The second-order valence-electron chi connectivity index (χ2n) is 9.06. The molecule has 0 fully saturated rings. The first kappa shape index (κ1) is 27.0. The number of aliphatic hydroxyl groups excluding tert-OH is 2. The van der Waals surface area contributed by atoms with Crippen LogP contribution in [-0.4, -0.2) is 43.8 Å². The minimum Gasteiger partial charge on any atom is -0.550 e. The topological polar surface area (TPSA) is 128 Å². The number of rotatable bonds is 12. The molecular formula is C27H31FN3O5-. The van der Waals surface area contributed by atoms with Crippen molar-refractivity contribution in [3.8, 4) is 11.4 Å². The summed E-state index contributed by atoms with van der Waals surface area (Å²) in [7, 11) is 0. The van der Waals surface area contributed by atoms with Gasteiger partial charge in [0.15, 0.2) is 0 Å². The number of amides is 1. The van der Waals surface area contributed by atoms with E-state index < -0.39 is 30.4 Å². The van der Waals surface area contributed by atoms with Gasteiger partial charge >= 0.3 is 0 Å². The van der Waals surface area contributed by atoms with Crippen molar-refractivity contribution in [1.82, 2.24) is 14.9 Å². The van der Waals surface area contributed by atoms with Gasteiger partial charge in [-0.2, -0.15) is 0 Å². The highest BCUT2D eigenvalue weighted by molar-refractivity contribution is 5.94. The van der Waals surface area contributed by atoms with Crippen molar-refractivity contribution in [1.29, 1.82) is 0 Å². The Bertz CT molecular complexity index is 1160. The number of halogens is 1. The Balaban J connectivity index is 1.90. The Morgan fingerprint density at radius 1 is 1.06 bits per heavy atom. The minimum atomic E-state index is -1.39.